The Kier molecular flexibility index (Phi) is 5.08. The number of halogens is 3. The Balaban J connectivity index is 1.92. The molecule has 0 heterocycles. The van der Waals surface area contributed by atoms with E-state index in [0.717, 1.165) is 30.4 Å². The SMILES string of the molecule is CCCCCc1ccc(C2=Cc3cccc(F)c3CC2)c(F)c1F. The molecule has 0 radical (unpaired) electrons. The highest BCUT2D eigenvalue weighted by Gasteiger charge is 2.20. The van der Waals surface area contributed by atoms with Crippen molar-refractivity contribution < 1.29 is 13.2 Å². The van der Waals surface area contributed by atoms with Gasteiger partial charge in [0, 0.05) is 5.56 Å². The first-order valence-electron chi connectivity index (χ1n) is 8.57. The van der Waals surface area contributed by atoms with Crippen LogP contribution in [0.2, 0.25) is 0 Å². The lowest BCUT2D eigenvalue weighted by atomic mass is 9.87. The molecule has 3 rings (SSSR count). The van der Waals surface area contributed by atoms with Crippen molar-refractivity contribution >= 4 is 11.6 Å². The van der Waals surface area contributed by atoms with Crippen molar-refractivity contribution in [3.8, 4) is 0 Å². The van der Waals surface area contributed by atoms with Crippen molar-refractivity contribution in [3.63, 3.8) is 0 Å². The molecule has 0 saturated carbocycles. The Morgan fingerprint density at radius 3 is 2.54 bits per heavy atom. The number of unbranched alkanes of at least 4 members (excludes halogenated alkanes) is 2. The van der Waals surface area contributed by atoms with Crippen LogP contribution in [0.3, 0.4) is 0 Å². The van der Waals surface area contributed by atoms with Crippen LogP contribution in [0.15, 0.2) is 30.3 Å². The van der Waals surface area contributed by atoms with Gasteiger partial charge in [0.1, 0.15) is 5.82 Å². The third-order valence-corrected chi connectivity index (χ3v) is 4.69. The van der Waals surface area contributed by atoms with Crippen LogP contribution in [0, 0.1) is 17.5 Å². The van der Waals surface area contributed by atoms with E-state index in [1.165, 1.54) is 6.07 Å². The summed E-state index contributed by atoms with van der Waals surface area (Å²) in [6, 6.07) is 8.23. The van der Waals surface area contributed by atoms with Crippen molar-refractivity contribution in [2.45, 2.75) is 45.4 Å². The van der Waals surface area contributed by atoms with Gasteiger partial charge in [-0.15, -0.1) is 0 Å². The van der Waals surface area contributed by atoms with Crippen molar-refractivity contribution in [2.75, 3.05) is 0 Å². The Labute approximate surface area is 141 Å². The summed E-state index contributed by atoms with van der Waals surface area (Å²) >= 11 is 0. The summed E-state index contributed by atoms with van der Waals surface area (Å²) in [7, 11) is 0. The topological polar surface area (TPSA) is 0 Å². The molecule has 0 unspecified atom stereocenters. The largest absolute Gasteiger partial charge is 0.207 e. The van der Waals surface area contributed by atoms with Gasteiger partial charge in [-0.1, -0.05) is 50.1 Å². The van der Waals surface area contributed by atoms with E-state index in [-0.39, 0.29) is 5.82 Å². The monoisotopic (exact) mass is 330 g/mol. The van der Waals surface area contributed by atoms with Crippen LogP contribution in [0.1, 0.15) is 54.9 Å². The first-order chi connectivity index (χ1) is 11.6. The minimum atomic E-state index is -0.782. The Morgan fingerprint density at radius 2 is 1.75 bits per heavy atom. The zero-order chi connectivity index (χ0) is 17.1. The molecule has 126 valence electrons. The molecule has 1 aliphatic rings. The fourth-order valence-corrected chi connectivity index (χ4v) is 3.30. The highest BCUT2D eigenvalue weighted by Crippen LogP contribution is 2.34. The fourth-order valence-electron chi connectivity index (χ4n) is 3.30. The standard InChI is InChI=1S/C21H21F3/c1-2-3-4-6-14-9-12-18(21(24)20(14)23)16-10-11-17-15(13-16)7-5-8-19(17)22/h5,7-9,12-13H,2-4,6,10-11H2,1H3. The van der Waals surface area contributed by atoms with Crippen LogP contribution in [0.4, 0.5) is 13.2 Å². The maximum absolute atomic E-state index is 14.5. The number of fused-ring (bicyclic) bond motifs is 1. The van der Waals surface area contributed by atoms with Crippen LogP contribution in [-0.2, 0) is 12.8 Å². The van der Waals surface area contributed by atoms with Gasteiger partial charge < -0.3 is 0 Å². The van der Waals surface area contributed by atoms with Gasteiger partial charge in [0.25, 0.3) is 0 Å². The summed E-state index contributed by atoms with van der Waals surface area (Å²) < 4.78 is 42.6. The average Bonchev–Trinajstić information content (AvgIpc) is 2.59. The molecule has 0 fully saturated rings. The summed E-state index contributed by atoms with van der Waals surface area (Å²) in [5, 5.41) is 0. The molecule has 2 aromatic rings. The molecule has 0 amide bonds. The maximum atomic E-state index is 14.5. The van der Waals surface area contributed by atoms with Gasteiger partial charge in [-0.2, -0.15) is 0 Å². The van der Waals surface area contributed by atoms with E-state index in [4.69, 9.17) is 0 Å². The second kappa shape index (κ2) is 7.25. The van der Waals surface area contributed by atoms with Gasteiger partial charge in [-0.25, -0.2) is 13.2 Å². The van der Waals surface area contributed by atoms with E-state index >= 15 is 0 Å². The van der Waals surface area contributed by atoms with Crippen LogP contribution >= 0.6 is 0 Å². The number of hydrogen-bond donors (Lipinski definition) is 0. The predicted molar refractivity (Wildman–Crippen MR) is 92.2 cm³/mol. The van der Waals surface area contributed by atoms with Gasteiger partial charge in [-0.05, 0) is 54.0 Å². The molecule has 0 spiro atoms. The highest BCUT2D eigenvalue weighted by atomic mass is 19.2. The van der Waals surface area contributed by atoms with E-state index in [0.29, 0.717) is 36.0 Å². The molecule has 24 heavy (non-hydrogen) atoms. The molecule has 3 heteroatoms. The zero-order valence-electron chi connectivity index (χ0n) is 13.8. The van der Waals surface area contributed by atoms with Crippen molar-refractivity contribution in [3.05, 3.63) is 70.0 Å². The van der Waals surface area contributed by atoms with Gasteiger partial charge in [0.15, 0.2) is 11.6 Å². The van der Waals surface area contributed by atoms with E-state index in [9.17, 15) is 13.2 Å². The van der Waals surface area contributed by atoms with Gasteiger partial charge in [-0.3, -0.25) is 0 Å². The van der Waals surface area contributed by atoms with Crippen molar-refractivity contribution in [2.24, 2.45) is 0 Å². The second-order valence-electron chi connectivity index (χ2n) is 6.33. The Morgan fingerprint density at radius 1 is 0.917 bits per heavy atom. The summed E-state index contributed by atoms with van der Waals surface area (Å²) in [5.74, 6) is -1.76. The maximum Gasteiger partial charge on any atom is 0.166 e. The summed E-state index contributed by atoms with van der Waals surface area (Å²) in [6.45, 7) is 2.08. The molecule has 0 atom stereocenters. The molecular weight excluding hydrogens is 309 g/mol. The minimum absolute atomic E-state index is 0.235. The molecule has 0 aromatic heterocycles. The minimum Gasteiger partial charge on any atom is -0.207 e. The van der Waals surface area contributed by atoms with Gasteiger partial charge in [0.2, 0.25) is 0 Å². The smallest absolute Gasteiger partial charge is 0.166 e. The van der Waals surface area contributed by atoms with E-state index in [1.54, 1.807) is 24.3 Å². The van der Waals surface area contributed by atoms with E-state index in [1.807, 2.05) is 6.07 Å². The molecule has 0 aliphatic heterocycles. The molecule has 0 saturated heterocycles. The number of benzene rings is 2. The Hall–Kier alpha value is -2.03. The van der Waals surface area contributed by atoms with Gasteiger partial charge in [0.05, 0.1) is 0 Å². The second-order valence-corrected chi connectivity index (χ2v) is 6.33. The third kappa shape index (κ3) is 3.26. The quantitative estimate of drug-likeness (QED) is 0.562. The fraction of sp³-hybridized carbons (Fsp3) is 0.333. The van der Waals surface area contributed by atoms with Crippen molar-refractivity contribution in [1.29, 1.82) is 0 Å². The summed E-state index contributed by atoms with van der Waals surface area (Å²) in [6.07, 6.45) is 6.27. The molecule has 2 aromatic carbocycles. The molecule has 0 nitrogen and oxygen atoms in total. The first kappa shape index (κ1) is 16.8. The van der Waals surface area contributed by atoms with Gasteiger partial charge >= 0.3 is 0 Å². The first-order valence-corrected chi connectivity index (χ1v) is 8.57. The lowest BCUT2D eigenvalue weighted by molar-refractivity contribution is 0.493. The molecule has 0 N–H and O–H groups in total. The summed E-state index contributed by atoms with van der Waals surface area (Å²) in [5.41, 5.74) is 2.86. The molecule has 0 bridgehead atoms. The summed E-state index contributed by atoms with van der Waals surface area (Å²) in [4.78, 5) is 0. The van der Waals surface area contributed by atoms with Crippen LogP contribution in [0.25, 0.3) is 11.6 Å². The molecule has 1 aliphatic carbocycles. The van der Waals surface area contributed by atoms with E-state index in [2.05, 4.69) is 6.92 Å². The highest BCUT2D eigenvalue weighted by molar-refractivity contribution is 5.84. The van der Waals surface area contributed by atoms with Crippen molar-refractivity contribution in [1.82, 2.24) is 0 Å². The predicted octanol–water partition coefficient (Wildman–Crippen LogP) is 6.32. The van der Waals surface area contributed by atoms with Crippen LogP contribution in [0.5, 0.6) is 0 Å². The number of aryl methyl sites for hydroxylation is 1. The van der Waals surface area contributed by atoms with Crippen LogP contribution < -0.4 is 0 Å². The normalized spacial score (nSPS) is 13.6. The van der Waals surface area contributed by atoms with E-state index < -0.39 is 11.6 Å². The Bertz CT molecular complexity index is 775. The number of hydrogen-bond acceptors (Lipinski definition) is 0. The average molecular weight is 330 g/mol. The third-order valence-electron chi connectivity index (χ3n) is 4.69. The number of rotatable bonds is 5. The molecular formula is C21H21F3. The lowest BCUT2D eigenvalue weighted by Gasteiger charge is -2.18. The van der Waals surface area contributed by atoms with Crippen LogP contribution in [-0.4, -0.2) is 0 Å². The zero-order valence-corrected chi connectivity index (χ0v) is 13.8. The lowest BCUT2D eigenvalue weighted by Crippen LogP contribution is -2.05. The number of allylic oxidation sites excluding steroid dienone is 1.